The molecule has 0 nitrogen and oxygen atoms in total. The van der Waals surface area contributed by atoms with Crippen molar-refractivity contribution >= 4 is 11.6 Å². The molecule has 0 amide bonds. The highest BCUT2D eigenvalue weighted by molar-refractivity contribution is 5.85. The van der Waals surface area contributed by atoms with Gasteiger partial charge in [-0.15, -0.1) is 0 Å². The van der Waals surface area contributed by atoms with E-state index in [4.69, 9.17) is 0 Å². The molecule has 4 heteroatoms. The number of allylic oxidation sites excluding steroid dienone is 1. The van der Waals surface area contributed by atoms with Crippen molar-refractivity contribution < 1.29 is 17.6 Å². The minimum absolute atomic E-state index is 0.0348. The topological polar surface area (TPSA) is 0 Å². The molecule has 1 saturated carbocycles. The molecule has 2 aliphatic rings. The summed E-state index contributed by atoms with van der Waals surface area (Å²) in [5, 5.41) is 0. The maximum atomic E-state index is 15.0. The van der Waals surface area contributed by atoms with Gasteiger partial charge in [0.05, 0.1) is 0 Å². The van der Waals surface area contributed by atoms with E-state index in [1.54, 1.807) is 6.08 Å². The molecule has 0 heterocycles. The monoisotopic (exact) mass is 430 g/mol. The van der Waals surface area contributed by atoms with Crippen LogP contribution in [-0.4, -0.2) is 0 Å². The Morgan fingerprint density at radius 1 is 0.774 bits per heavy atom. The molecule has 0 saturated heterocycles. The van der Waals surface area contributed by atoms with Crippen molar-refractivity contribution in [2.24, 2.45) is 5.92 Å². The summed E-state index contributed by atoms with van der Waals surface area (Å²) < 4.78 is 57.2. The first kappa shape index (κ1) is 22.1. The fraction of sp³-hybridized carbons (Fsp3) is 0.481. The molecule has 0 radical (unpaired) electrons. The largest absolute Gasteiger partial charge is 0.206 e. The number of benzene rings is 2. The molecule has 0 spiro atoms. The maximum absolute atomic E-state index is 15.0. The summed E-state index contributed by atoms with van der Waals surface area (Å²) in [6, 6.07) is 5.25. The van der Waals surface area contributed by atoms with E-state index in [1.807, 2.05) is 0 Å². The third-order valence-electron chi connectivity index (χ3n) is 7.10. The maximum Gasteiger partial charge on any atom is 0.159 e. The standard InChI is InChI=1S/C27H30F4/c1-2-3-4-5-17-6-8-18(9-7-17)22-15-25(30)27(26(31)16-22)20-11-10-19-13-23(28)24(29)14-21(19)12-20/h12-18H,2-11H2,1H3. The smallest absolute Gasteiger partial charge is 0.159 e. The lowest BCUT2D eigenvalue weighted by molar-refractivity contribution is 0.302. The van der Waals surface area contributed by atoms with Crippen molar-refractivity contribution in [1.29, 1.82) is 0 Å². The molecule has 0 aromatic heterocycles. The summed E-state index contributed by atoms with van der Waals surface area (Å²) >= 11 is 0. The van der Waals surface area contributed by atoms with Crippen LogP contribution < -0.4 is 0 Å². The van der Waals surface area contributed by atoms with Crippen LogP contribution in [0.4, 0.5) is 17.6 Å². The van der Waals surface area contributed by atoms with E-state index in [1.165, 1.54) is 43.9 Å². The second-order valence-corrected chi connectivity index (χ2v) is 9.21. The minimum Gasteiger partial charge on any atom is -0.206 e. The van der Waals surface area contributed by atoms with Crippen molar-refractivity contribution in [2.45, 2.75) is 77.0 Å². The van der Waals surface area contributed by atoms with Crippen molar-refractivity contribution in [2.75, 3.05) is 0 Å². The summed E-state index contributed by atoms with van der Waals surface area (Å²) in [4.78, 5) is 0. The Morgan fingerprint density at radius 2 is 1.45 bits per heavy atom. The number of fused-ring (bicyclic) bond motifs is 1. The lowest BCUT2D eigenvalue weighted by Crippen LogP contribution is -2.14. The van der Waals surface area contributed by atoms with E-state index in [0.717, 1.165) is 43.2 Å². The molecule has 2 aromatic rings. The Labute approximate surface area is 182 Å². The molecular formula is C27H30F4. The van der Waals surface area contributed by atoms with Gasteiger partial charge in [-0.05, 0) is 96.9 Å². The first-order valence-corrected chi connectivity index (χ1v) is 11.6. The average molecular weight is 431 g/mol. The quantitative estimate of drug-likeness (QED) is 0.318. The second kappa shape index (κ2) is 9.58. The van der Waals surface area contributed by atoms with Crippen LogP contribution in [0.2, 0.25) is 0 Å². The highest BCUT2D eigenvalue weighted by Gasteiger charge is 2.26. The number of hydrogen-bond acceptors (Lipinski definition) is 0. The van der Waals surface area contributed by atoms with Crippen LogP contribution in [0.15, 0.2) is 24.3 Å². The molecule has 0 N–H and O–H groups in total. The van der Waals surface area contributed by atoms with Crippen LogP contribution in [-0.2, 0) is 6.42 Å². The highest BCUT2D eigenvalue weighted by Crippen LogP contribution is 2.40. The van der Waals surface area contributed by atoms with E-state index in [-0.39, 0.29) is 11.5 Å². The van der Waals surface area contributed by atoms with Crippen molar-refractivity contribution in [3.63, 3.8) is 0 Å². The Morgan fingerprint density at radius 3 is 2.13 bits per heavy atom. The molecule has 2 aromatic carbocycles. The highest BCUT2D eigenvalue weighted by atomic mass is 19.2. The van der Waals surface area contributed by atoms with Gasteiger partial charge < -0.3 is 0 Å². The molecule has 166 valence electrons. The Balaban J connectivity index is 1.51. The van der Waals surface area contributed by atoms with Crippen LogP contribution in [0.5, 0.6) is 0 Å². The van der Waals surface area contributed by atoms with Gasteiger partial charge in [-0.1, -0.05) is 38.7 Å². The summed E-state index contributed by atoms with van der Waals surface area (Å²) in [5.41, 5.74) is 2.36. The van der Waals surface area contributed by atoms with Gasteiger partial charge in [0.25, 0.3) is 0 Å². The van der Waals surface area contributed by atoms with Crippen molar-refractivity contribution in [3.05, 3.63) is 69.8 Å². The molecule has 0 aliphatic heterocycles. The van der Waals surface area contributed by atoms with E-state index in [0.29, 0.717) is 29.5 Å². The summed E-state index contributed by atoms with van der Waals surface area (Å²) in [7, 11) is 0. The molecule has 2 aliphatic carbocycles. The Hall–Kier alpha value is -2.10. The Kier molecular flexibility index (Phi) is 6.83. The van der Waals surface area contributed by atoms with E-state index >= 15 is 8.78 Å². The molecular weight excluding hydrogens is 400 g/mol. The lowest BCUT2D eigenvalue weighted by Gasteiger charge is -2.29. The van der Waals surface area contributed by atoms with Gasteiger partial charge in [0, 0.05) is 5.56 Å². The number of unbranched alkanes of at least 4 members (excludes halogenated alkanes) is 2. The lowest BCUT2D eigenvalue weighted by atomic mass is 9.76. The molecule has 0 bridgehead atoms. The van der Waals surface area contributed by atoms with Crippen molar-refractivity contribution in [1.82, 2.24) is 0 Å². The normalized spacial score (nSPS) is 21.0. The van der Waals surface area contributed by atoms with Crippen molar-refractivity contribution in [3.8, 4) is 0 Å². The molecule has 0 unspecified atom stereocenters. The predicted molar refractivity (Wildman–Crippen MR) is 118 cm³/mol. The zero-order valence-electron chi connectivity index (χ0n) is 18.1. The van der Waals surface area contributed by atoms with E-state index < -0.39 is 23.3 Å². The van der Waals surface area contributed by atoms with Gasteiger partial charge in [-0.2, -0.15) is 0 Å². The van der Waals surface area contributed by atoms with Gasteiger partial charge >= 0.3 is 0 Å². The van der Waals surface area contributed by atoms with Gasteiger partial charge in [0.2, 0.25) is 0 Å². The zero-order chi connectivity index (χ0) is 22.0. The summed E-state index contributed by atoms with van der Waals surface area (Å²) in [5.74, 6) is -2.00. The van der Waals surface area contributed by atoms with E-state index in [9.17, 15) is 8.78 Å². The summed E-state index contributed by atoms with van der Waals surface area (Å²) in [6.07, 6.45) is 11.7. The zero-order valence-corrected chi connectivity index (χ0v) is 18.1. The first-order chi connectivity index (χ1) is 15.0. The second-order valence-electron chi connectivity index (χ2n) is 9.21. The SMILES string of the molecule is CCCCCC1CCC(c2cc(F)c(C3=Cc4cc(F)c(F)cc4CC3)c(F)c2)CC1. The van der Waals surface area contributed by atoms with Crippen LogP contribution in [0.25, 0.3) is 11.6 Å². The van der Waals surface area contributed by atoms with Gasteiger partial charge in [0.1, 0.15) is 11.6 Å². The number of rotatable bonds is 6. The van der Waals surface area contributed by atoms with Crippen LogP contribution in [0.3, 0.4) is 0 Å². The molecule has 31 heavy (non-hydrogen) atoms. The van der Waals surface area contributed by atoms with Gasteiger partial charge in [-0.3, -0.25) is 0 Å². The number of aryl methyl sites for hydroxylation is 1. The number of halogens is 4. The fourth-order valence-corrected chi connectivity index (χ4v) is 5.28. The minimum atomic E-state index is -0.946. The predicted octanol–water partition coefficient (Wildman–Crippen LogP) is 8.58. The average Bonchev–Trinajstić information content (AvgIpc) is 2.75. The molecule has 0 atom stereocenters. The van der Waals surface area contributed by atoms with E-state index in [2.05, 4.69) is 6.92 Å². The fourth-order valence-electron chi connectivity index (χ4n) is 5.28. The summed E-state index contributed by atoms with van der Waals surface area (Å²) in [6.45, 7) is 2.21. The van der Waals surface area contributed by atoms with Crippen LogP contribution in [0.1, 0.15) is 92.9 Å². The number of hydrogen-bond donors (Lipinski definition) is 0. The third-order valence-corrected chi connectivity index (χ3v) is 7.10. The Bertz CT molecular complexity index is 944. The van der Waals surface area contributed by atoms with Crippen LogP contribution in [0, 0.1) is 29.2 Å². The molecule has 1 fully saturated rings. The molecule has 4 rings (SSSR count). The van der Waals surface area contributed by atoms with Gasteiger partial charge in [0.15, 0.2) is 11.6 Å². The van der Waals surface area contributed by atoms with Gasteiger partial charge in [-0.25, -0.2) is 17.6 Å². The first-order valence-electron chi connectivity index (χ1n) is 11.6. The third kappa shape index (κ3) is 4.88. The van der Waals surface area contributed by atoms with Crippen LogP contribution >= 0.6 is 0 Å².